The highest BCUT2D eigenvalue weighted by Crippen LogP contribution is 2.26. The lowest BCUT2D eigenvalue weighted by Gasteiger charge is -2.13. The van der Waals surface area contributed by atoms with Crippen LogP contribution in [0.5, 0.6) is 11.5 Å². The zero-order valence-electron chi connectivity index (χ0n) is 11.9. The van der Waals surface area contributed by atoms with Gasteiger partial charge in [-0.1, -0.05) is 31.2 Å². The third-order valence-electron chi connectivity index (χ3n) is 3.08. The Morgan fingerprint density at radius 1 is 1.00 bits per heavy atom. The Bertz CT molecular complexity index is 534. The first-order valence-corrected chi connectivity index (χ1v) is 6.79. The molecular formula is C17H20O3. The fourth-order valence-electron chi connectivity index (χ4n) is 1.97. The summed E-state index contributed by atoms with van der Waals surface area (Å²) in [5.74, 6) is 1.57. The molecule has 0 aliphatic rings. The van der Waals surface area contributed by atoms with E-state index in [0.717, 1.165) is 29.0 Å². The number of rotatable bonds is 6. The van der Waals surface area contributed by atoms with Crippen molar-refractivity contribution in [3.63, 3.8) is 0 Å². The smallest absolute Gasteiger partial charge is 0.119 e. The molecule has 0 heterocycles. The monoisotopic (exact) mass is 272 g/mol. The third-order valence-corrected chi connectivity index (χ3v) is 3.08. The van der Waals surface area contributed by atoms with Crippen molar-refractivity contribution in [2.45, 2.75) is 19.4 Å². The summed E-state index contributed by atoms with van der Waals surface area (Å²) in [4.78, 5) is 0. The highest BCUT2D eigenvalue weighted by Gasteiger charge is 2.11. The number of aliphatic hydroxyl groups excluding tert-OH is 1. The molecule has 1 unspecified atom stereocenters. The Morgan fingerprint density at radius 2 is 1.75 bits per heavy atom. The van der Waals surface area contributed by atoms with Crippen LogP contribution in [0.15, 0.2) is 48.5 Å². The van der Waals surface area contributed by atoms with Gasteiger partial charge in [-0.05, 0) is 41.8 Å². The van der Waals surface area contributed by atoms with Crippen LogP contribution in [-0.4, -0.2) is 18.8 Å². The van der Waals surface area contributed by atoms with Gasteiger partial charge < -0.3 is 14.6 Å². The molecule has 3 nitrogen and oxygen atoms in total. The molecule has 0 aliphatic heterocycles. The molecule has 2 aromatic carbocycles. The third kappa shape index (κ3) is 3.52. The lowest BCUT2D eigenvalue weighted by Crippen LogP contribution is -2.01. The normalized spacial score (nSPS) is 11.9. The van der Waals surface area contributed by atoms with Crippen LogP contribution < -0.4 is 9.47 Å². The molecule has 0 spiro atoms. The maximum Gasteiger partial charge on any atom is 0.119 e. The standard InChI is InChI=1S/C17H20O3/c1-3-11-20-16-6-4-5-14(12-16)17(18)13-7-9-15(19-2)10-8-13/h4-10,12,17-18H,3,11H2,1-2H3. The van der Waals surface area contributed by atoms with E-state index in [2.05, 4.69) is 6.92 Å². The van der Waals surface area contributed by atoms with Crippen molar-refractivity contribution in [3.8, 4) is 11.5 Å². The molecule has 2 rings (SSSR count). The quantitative estimate of drug-likeness (QED) is 0.873. The van der Waals surface area contributed by atoms with Crippen LogP contribution in [0.3, 0.4) is 0 Å². The zero-order chi connectivity index (χ0) is 14.4. The van der Waals surface area contributed by atoms with E-state index in [-0.39, 0.29) is 0 Å². The topological polar surface area (TPSA) is 38.7 Å². The molecule has 0 aromatic heterocycles. The number of benzene rings is 2. The number of hydrogen-bond acceptors (Lipinski definition) is 3. The minimum atomic E-state index is -0.661. The van der Waals surface area contributed by atoms with E-state index >= 15 is 0 Å². The second-order valence-electron chi connectivity index (χ2n) is 4.60. The number of hydrogen-bond donors (Lipinski definition) is 1. The largest absolute Gasteiger partial charge is 0.497 e. The highest BCUT2D eigenvalue weighted by molar-refractivity contribution is 5.37. The second kappa shape index (κ2) is 6.96. The minimum absolute atomic E-state index is 0.661. The second-order valence-corrected chi connectivity index (χ2v) is 4.60. The molecule has 0 saturated carbocycles. The van der Waals surface area contributed by atoms with Gasteiger partial charge in [0, 0.05) is 0 Å². The van der Waals surface area contributed by atoms with Crippen molar-refractivity contribution in [2.75, 3.05) is 13.7 Å². The van der Waals surface area contributed by atoms with Crippen molar-refractivity contribution < 1.29 is 14.6 Å². The first-order valence-electron chi connectivity index (χ1n) is 6.79. The fraction of sp³-hybridized carbons (Fsp3) is 0.294. The molecule has 3 heteroatoms. The van der Waals surface area contributed by atoms with Gasteiger partial charge in [-0.25, -0.2) is 0 Å². The number of methoxy groups -OCH3 is 1. The van der Waals surface area contributed by atoms with Gasteiger partial charge in [0.05, 0.1) is 13.7 Å². The van der Waals surface area contributed by atoms with Gasteiger partial charge in [0.1, 0.15) is 17.6 Å². The predicted molar refractivity (Wildman–Crippen MR) is 79.3 cm³/mol. The van der Waals surface area contributed by atoms with Crippen LogP contribution in [0.2, 0.25) is 0 Å². The van der Waals surface area contributed by atoms with E-state index in [9.17, 15) is 5.11 Å². The molecule has 0 saturated heterocycles. The van der Waals surface area contributed by atoms with E-state index < -0.39 is 6.10 Å². The summed E-state index contributed by atoms with van der Waals surface area (Å²) in [6.45, 7) is 2.75. The van der Waals surface area contributed by atoms with E-state index in [1.54, 1.807) is 7.11 Å². The van der Waals surface area contributed by atoms with Crippen LogP contribution >= 0.6 is 0 Å². The summed E-state index contributed by atoms with van der Waals surface area (Å²) in [6, 6.07) is 15.0. The first kappa shape index (κ1) is 14.4. The molecule has 1 atom stereocenters. The van der Waals surface area contributed by atoms with Crippen LogP contribution in [0, 0.1) is 0 Å². The molecule has 2 aromatic rings. The van der Waals surface area contributed by atoms with Crippen LogP contribution in [0.1, 0.15) is 30.6 Å². The molecular weight excluding hydrogens is 252 g/mol. The molecule has 1 N–H and O–H groups in total. The summed E-state index contributed by atoms with van der Waals surface area (Å²) in [5.41, 5.74) is 1.65. The van der Waals surface area contributed by atoms with Gasteiger partial charge in [0.25, 0.3) is 0 Å². The number of aliphatic hydroxyl groups is 1. The van der Waals surface area contributed by atoms with Gasteiger partial charge in [0.2, 0.25) is 0 Å². The van der Waals surface area contributed by atoms with Gasteiger partial charge in [-0.3, -0.25) is 0 Å². The molecule has 0 aliphatic carbocycles. The van der Waals surface area contributed by atoms with Crippen molar-refractivity contribution in [3.05, 3.63) is 59.7 Å². The van der Waals surface area contributed by atoms with E-state index in [1.807, 2.05) is 48.5 Å². The summed E-state index contributed by atoms with van der Waals surface area (Å²) in [5, 5.41) is 10.4. The molecule has 0 fully saturated rings. The van der Waals surface area contributed by atoms with Gasteiger partial charge in [-0.2, -0.15) is 0 Å². The molecule has 0 bridgehead atoms. The van der Waals surface area contributed by atoms with Gasteiger partial charge >= 0.3 is 0 Å². The van der Waals surface area contributed by atoms with Crippen molar-refractivity contribution >= 4 is 0 Å². The van der Waals surface area contributed by atoms with Crippen molar-refractivity contribution in [1.29, 1.82) is 0 Å². The van der Waals surface area contributed by atoms with Crippen LogP contribution in [0.4, 0.5) is 0 Å². The fourth-order valence-corrected chi connectivity index (χ4v) is 1.97. The zero-order valence-corrected chi connectivity index (χ0v) is 11.9. The maximum absolute atomic E-state index is 10.4. The van der Waals surface area contributed by atoms with E-state index in [0.29, 0.717) is 6.61 Å². The summed E-state index contributed by atoms with van der Waals surface area (Å²) >= 11 is 0. The average Bonchev–Trinajstić information content (AvgIpc) is 2.52. The molecule has 0 radical (unpaired) electrons. The first-order chi connectivity index (χ1) is 9.74. The van der Waals surface area contributed by atoms with Gasteiger partial charge in [-0.15, -0.1) is 0 Å². The maximum atomic E-state index is 10.4. The summed E-state index contributed by atoms with van der Waals surface area (Å²) in [7, 11) is 1.62. The van der Waals surface area contributed by atoms with Crippen molar-refractivity contribution in [1.82, 2.24) is 0 Å². The van der Waals surface area contributed by atoms with E-state index in [4.69, 9.17) is 9.47 Å². The lowest BCUT2D eigenvalue weighted by atomic mass is 10.0. The number of ether oxygens (including phenoxy) is 2. The van der Waals surface area contributed by atoms with Crippen LogP contribution in [0.25, 0.3) is 0 Å². The Labute approximate surface area is 119 Å². The van der Waals surface area contributed by atoms with Gasteiger partial charge in [0.15, 0.2) is 0 Å². The Balaban J connectivity index is 2.16. The average molecular weight is 272 g/mol. The lowest BCUT2D eigenvalue weighted by molar-refractivity contribution is 0.219. The Morgan fingerprint density at radius 3 is 2.40 bits per heavy atom. The predicted octanol–water partition coefficient (Wildman–Crippen LogP) is 3.57. The van der Waals surface area contributed by atoms with E-state index in [1.165, 1.54) is 0 Å². The Hall–Kier alpha value is -2.00. The van der Waals surface area contributed by atoms with Crippen LogP contribution in [-0.2, 0) is 0 Å². The highest BCUT2D eigenvalue weighted by atomic mass is 16.5. The molecule has 20 heavy (non-hydrogen) atoms. The summed E-state index contributed by atoms with van der Waals surface area (Å²) < 4.78 is 10.7. The SMILES string of the molecule is CCCOc1cccc(C(O)c2ccc(OC)cc2)c1. The Kier molecular flexibility index (Phi) is 5.02. The van der Waals surface area contributed by atoms with Crippen molar-refractivity contribution in [2.24, 2.45) is 0 Å². The molecule has 106 valence electrons. The molecule has 0 amide bonds. The minimum Gasteiger partial charge on any atom is -0.497 e. The summed E-state index contributed by atoms with van der Waals surface area (Å²) in [6.07, 6.45) is 0.303.